The number of pyridine rings is 1. The van der Waals surface area contributed by atoms with E-state index in [0.29, 0.717) is 34.4 Å². The lowest BCUT2D eigenvalue weighted by Crippen LogP contribution is -2.44. The molecule has 6 nitrogen and oxygen atoms in total. The lowest BCUT2D eigenvalue weighted by atomic mass is 9.81. The Kier molecular flexibility index (Phi) is 8.88. The van der Waals surface area contributed by atoms with Crippen LogP contribution < -0.4 is 10.5 Å². The fraction of sp³-hybridized carbons (Fsp3) is 0.440. The summed E-state index contributed by atoms with van der Waals surface area (Å²) in [4.78, 5) is 18.6. The maximum atomic E-state index is 13.6. The Labute approximate surface area is 217 Å². The van der Waals surface area contributed by atoms with E-state index >= 15 is 0 Å². The molecule has 1 aliphatic heterocycles. The third kappa shape index (κ3) is 6.27. The Balaban J connectivity index is 1.37. The van der Waals surface area contributed by atoms with Crippen molar-refractivity contribution in [3.63, 3.8) is 0 Å². The number of carboxylic acid groups (broad SMARTS) is 1. The first-order valence-electron chi connectivity index (χ1n) is 11.6. The molecule has 10 heteroatoms. The van der Waals surface area contributed by atoms with Crippen molar-refractivity contribution >= 4 is 51.6 Å². The number of rotatable bonds is 10. The zero-order valence-corrected chi connectivity index (χ0v) is 21.8. The highest BCUT2D eigenvalue weighted by molar-refractivity contribution is 8.01. The molecule has 0 spiro atoms. The van der Waals surface area contributed by atoms with Gasteiger partial charge < -0.3 is 20.5 Å². The van der Waals surface area contributed by atoms with Gasteiger partial charge in [0.25, 0.3) is 0 Å². The third-order valence-corrected chi connectivity index (χ3v) is 9.14. The molecule has 0 bridgehead atoms. The second-order valence-corrected chi connectivity index (χ2v) is 11.5. The smallest absolute Gasteiger partial charge is 0.308 e. The van der Waals surface area contributed by atoms with Crippen LogP contribution in [-0.4, -0.2) is 53.5 Å². The highest BCUT2D eigenvalue weighted by Gasteiger charge is 2.34. The summed E-state index contributed by atoms with van der Waals surface area (Å²) in [5, 5.41) is 13.0. The molecule has 0 radical (unpaired) electrons. The number of thiophene rings is 1. The molecule has 4 rings (SSSR count). The Morgan fingerprint density at radius 2 is 2.29 bits per heavy atom. The average Bonchev–Trinajstić information content (AvgIpc) is 3.26. The highest BCUT2D eigenvalue weighted by Crippen LogP contribution is 2.36. The van der Waals surface area contributed by atoms with Gasteiger partial charge in [-0.15, -0.1) is 23.1 Å². The van der Waals surface area contributed by atoms with Crippen LogP contribution in [0.15, 0.2) is 40.1 Å². The van der Waals surface area contributed by atoms with Gasteiger partial charge in [0.2, 0.25) is 0 Å². The van der Waals surface area contributed by atoms with E-state index in [2.05, 4.69) is 9.88 Å². The number of hydrogen-bond donors (Lipinski definition) is 2. The van der Waals surface area contributed by atoms with Crippen LogP contribution >= 0.6 is 34.7 Å². The lowest BCUT2D eigenvalue weighted by Gasteiger charge is -2.37. The predicted molar refractivity (Wildman–Crippen MR) is 140 cm³/mol. The van der Waals surface area contributed by atoms with Crippen LogP contribution in [-0.2, 0) is 4.79 Å². The Hall–Kier alpha value is -1.91. The van der Waals surface area contributed by atoms with Crippen molar-refractivity contribution in [2.24, 2.45) is 17.6 Å². The highest BCUT2D eigenvalue weighted by atomic mass is 35.5. The van der Waals surface area contributed by atoms with Gasteiger partial charge in [-0.05, 0) is 66.9 Å². The van der Waals surface area contributed by atoms with E-state index in [0.717, 1.165) is 41.7 Å². The molecule has 1 aromatic carbocycles. The number of nitrogens with two attached hydrogens (primary N) is 1. The van der Waals surface area contributed by atoms with Crippen molar-refractivity contribution in [3.05, 3.63) is 52.2 Å². The molecule has 3 N–H and O–H groups in total. The number of nitrogens with zero attached hydrogens (tertiary/aromatic N) is 2. The standard InChI is InChI=1S/C25H29ClFN3O3S2/c1-33-16-3-5-22-17(12-16)23(19(26)13-29-22)21(28)4-2-15-6-8-30(14-18(15)24(31)32)9-11-35-25-20(27)7-10-34-25/h3,5,7,10,12-13,15,18,21H,2,4,6,8-9,11,14,28H2,1H3,(H,31,32)/t15-,18+,21-/m0/s1. The number of carboxylic acids is 1. The molecule has 1 fully saturated rings. The number of piperidine rings is 1. The molecule has 0 aliphatic carbocycles. The quantitative estimate of drug-likeness (QED) is 0.321. The molecular weight excluding hydrogens is 509 g/mol. The minimum Gasteiger partial charge on any atom is -0.497 e. The third-order valence-electron chi connectivity index (χ3n) is 6.67. The second-order valence-electron chi connectivity index (χ2n) is 8.79. The van der Waals surface area contributed by atoms with E-state index in [-0.39, 0.29) is 17.8 Å². The number of aromatic nitrogens is 1. The van der Waals surface area contributed by atoms with E-state index in [9.17, 15) is 14.3 Å². The summed E-state index contributed by atoms with van der Waals surface area (Å²) in [6, 6.07) is 6.75. The van der Waals surface area contributed by atoms with E-state index in [1.807, 2.05) is 18.2 Å². The maximum absolute atomic E-state index is 13.6. The van der Waals surface area contributed by atoms with Gasteiger partial charge in [-0.1, -0.05) is 11.6 Å². The predicted octanol–water partition coefficient (Wildman–Crippen LogP) is 5.69. The van der Waals surface area contributed by atoms with Gasteiger partial charge >= 0.3 is 5.97 Å². The number of ether oxygens (including phenoxy) is 1. The summed E-state index contributed by atoms with van der Waals surface area (Å²) in [6.45, 7) is 2.06. The Morgan fingerprint density at radius 3 is 3.00 bits per heavy atom. The van der Waals surface area contributed by atoms with Crippen molar-refractivity contribution in [1.29, 1.82) is 0 Å². The molecule has 3 atom stereocenters. The fourth-order valence-electron chi connectivity index (χ4n) is 4.76. The topological polar surface area (TPSA) is 88.7 Å². The number of methoxy groups -OCH3 is 1. The normalized spacial score (nSPS) is 19.7. The monoisotopic (exact) mass is 537 g/mol. The lowest BCUT2D eigenvalue weighted by molar-refractivity contribution is -0.146. The van der Waals surface area contributed by atoms with Crippen molar-refractivity contribution in [3.8, 4) is 5.75 Å². The van der Waals surface area contributed by atoms with E-state index in [1.165, 1.54) is 29.2 Å². The summed E-state index contributed by atoms with van der Waals surface area (Å²) in [6.07, 6.45) is 3.73. The number of likely N-dealkylation sites (tertiary alicyclic amines) is 1. The molecule has 0 saturated carbocycles. The minimum absolute atomic E-state index is 0.0404. The van der Waals surface area contributed by atoms with Gasteiger partial charge in [-0.25, -0.2) is 4.39 Å². The summed E-state index contributed by atoms with van der Waals surface area (Å²) in [5.74, 6) is 0.0635. The molecule has 3 aromatic rings. The van der Waals surface area contributed by atoms with Crippen LogP contribution in [0.3, 0.4) is 0 Å². The van der Waals surface area contributed by atoms with Crippen LogP contribution in [0.4, 0.5) is 4.39 Å². The first-order chi connectivity index (χ1) is 16.9. The first kappa shape index (κ1) is 26.2. The number of hydrogen-bond acceptors (Lipinski definition) is 7. The summed E-state index contributed by atoms with van der Waals surface area (Å²) in [7, 11) is 1.61. The van der Waals surface area contributed by atoms with E-state index in [1.54, 1.807) is 18.7 Å². The van der Waals surface area contributed by atoms with E-state index < -0.39 is 11.9 Å². The Morgan fingerprint density at radius 1 is 1.46 bits per heavy atom. The summed E-state index contributed by atoms with van der Waals surface area (Å²) < 4.78 is 19.7. The number of thioether (sulfide) groups is 1. The van der Waals surface area contributed by atoms with Gasteiger partial charge in [0.1, 0.15) is 11.6 Å². The summed E-state index contributed by atoms with van der Waals surface area (Å²) >= 11 is 9.38. The minimum atomic E-state index is -0.776. The maximum Gasteiger partial charge on any atom is 0.308 e. The molecule has 2 aromatic heterocycles. The van der Waals surface area contributed by atoms with Crippen LogP contribution in [0, 0.1) is 17.7 Å². The van der Waals surface area contributed by atoms with Crippen LogP contribution in [0.5, 0.6) is 5.75 Å². The van der Waals surface area contributed by atoms with Gasteiger partial charge in [0, 0.05) is 36.5 Å². The summed E-state index contributed by atoms with van der Waals surface area (Å²) in [5.41, 5.74) is 8.21. The van der Waals surface area contributed by atoms with Crippen molar-refractivity contribution < 1.29 is 19.0 Å². The van der Waals surface area contributed by atoms with Gasteiger partial charge in [-0.2, -0.15) is 0 Å². The van der Waals surface area contributed by atoms with Gasteiger partial charge in [0.05, 0.1) is 27.8 Å². The largest absolute Gasteiger partial charge is 0.497 e. The van der Waals surface area contributed by atoms with Crippen molar-refractivity contribution in [2.75, 3.05) is 32.5 Å². The van der Waals surface area contributed by atoms with Crippen LogP contribution in [0.1, 0.15) is 30.9 Å². The fourth-order valence-corrected chi connectivity index (χ4v) is 6.97. The SMILES string of the molecule is COc1ccc2ncc(Cl)c([C@@H](N)CC[C@H]3CCN(CCSc4sccc4F)C[C@H]3C(=O)O)c2c1. The molecule has 35 heavy (non-hydrogen) atoms. The van der Waals surface area contributed by atoms with E-state index in [4.69, 9.17) is 22.1 Å². The first-order valence-corrected chi connectivity index (χ1v) is 13.8. The zero-order chi connectivity index (χ0) is 24.9. The molecule has 188 valence electrons. The number of fused-ring (bicyclic) bond motifs is 1. The van der Waals surface area contributed by atoms with Crippen LogP contribution in [0.2, 0.25) is 5.02 Å². The van der Waals surface area contributed by atoms with Crippen molar-refractivity contribution in [1.82, 2.24) is 9.88 Å². The second kappa shape index (κ2) is 11.9. The molecular formula is C25H29ClFN3O3S2. The zero-order valence-electron chi connectivity index (χ0n) is 19.5. The molecule has 1 aliphatic rings. The molecule has 0 unspecified atom stereocenters. The number of carbonyl (C=O) groups is 1. The number of halogens is 2. The molecule has 3 heterocycles. The Bertz CT molecular complexity index is 1180. The molecule has 1 saturated heterocycles. The number of benzene rings is 1. The van der Waals surface area contributed by atoms with Gasteiger partial charge in [-0.3, -0.25) is 9.78 Å². The molecule has 0 amide bonds. The number of aliphatic carboxylic acids is 1. The van der Waals surface area contributed by atoms with Crippen LogP contribution in [0.25, 0.3) is 10.9 Å². The van der Waals surface area contributed by atoms with Gasteiger partial charge in [0.15, 0.2) is 0 Å². The average molecular weight is 538 g/mol. The van der Waals surface area contributed by atoms with Crippen molar-refractivity contribution in [2.45, 2.75) is 29.5 Å².